The second kappa shape index (κ2) is 9.62. The molecule has 3 aromatic carbocycles. The molecular weight excluding hydrogens is 432 g/mol. The third kappa shape index (κ3) is 4.68. The van der Waals surface area contributed by atoms with Crippen molar-refractivity contribution in [2.45, 2.75) is 20.1 Å². The van der Waals surface area contributed by atoms with Crippen molar-refractivity contribution in [3.05, 3.63) is 96.0 Å². The first-order chi connectivity index (χ1) is 16.7. The first-order valence-corrected chi connectivity index (χ1v) is 11.0. The number of carbonyl (C=O) groups excluding carboxylic acids is 1. The highest BCUT2D eigenvalue weighted by Crippen LogP contribution is 2.24. The summed E-state index contributed by atoms with van der Waals surface area (Å²) in [4.78, 5) is 20.7. The van der Waals surface area contributed by atoms with E-state index < -0.39 is 5.97 Å². The van der Waals surface area contributed by atoms with E-state index in [1.165, 1.54) is 0 Å². The van der Waals surface area contributed by atoms with Crippen LogP contribution in [0.3, 0.4) is 0 Å². The molecule has 2 heterocycles. The Balaban J connectivity index is 1.21. The van der Waals surface area contributed by atoms with E-state index in [0.717, 1.165) is 27.9 Å². The van der Waals surface area contributed by atoms with Gasteiger partial charge in [0.2, 0.25) is 0 Å². The summed E-state index contributed by atoms with van der Waals surface area (Å²) in [5, 5.41) is 1.10. The lowest BCUT2D eigenvalue weighted by molar-refractivity contribution is 0.0483. The minimum atomic E-state index is -0.583. The molecule has 170 valence electrons. The van der Waals surface area contributed by atoms with Gasteiger partial charge < -0.3 is 18.6 Å². The van der Waals surface area contributed by atoms with Gasteiger partial charge in [-0.15, -0.1) is 0 Å². The van der Waals surface area contributed by atoms with E-state index in [4.69, 9.17) is 18.6 Å². The van der Waals surface area contributed by atoms with Gasteiger partial charge in [0.1, 0.15) is 30.2 Å². The van der Waals surface area contributed by atoms with Crippen molar-refractivity contribution in [1.29, 1.82) is 0 Å². The van der Waals surface area contributed by atoms with Crippen molar-refractivity contribution in [1.82, 2.24) is 9.97 Å². The number of nitrogens with zero attached hydrogens (tertiary/aromatic N) is 2. The first-order valence-electron chi connectivity index (χ1n) is 11.0. The fourth-order valence-corrected chi connectivity index (χ4v) is 3.54. The van der Waals surface area contributed by atoms with Gasteiger partial charge in [0.25, 0.3) is 0 Å². The van der Waals surface area contributed by atoms with Crippen LogP contribution < -0.4 is 9.47 Å². The topological polar surface area (TPSA) is 83.7 Å². The van der Waals surface area contributed by atoms with Crippen molar-refractivity contribution < 1.29 is 23.4 Å². The number of ether oxygens (including phenoxy) is 3. The maximum atomic E-state index is 11.9. The summed E-state index contributed by atoms with van der Waals surface area (Å²) in [6.07, 6.45) is 0. The summed E-state index contributed by atoms with van der Waals surface area (Å²) in [6, 6.07) is 24.9. The zero-order valence-electron chi connectivity index (χ0n) is 18.6. The predicted octanol–water partition coefficient (Wildman–Crippen LogP) is 5.71. The number of fused-ring (bicyclic) bond motifs is 2. The van der Waals surface area contributed by atoms with Crippen LogP contribution in [0.1, 0.15) is 28.9 Å². The minimum absolute atomic E-state index is 0.0632. The molecular formula is C27H22N2O5. The van der Waals surface area contributed by atoms with Crippen molar-refractivity contribution in [3.63, 3.8) is 0 Å². The molecule has 5 aromatic rings. The number of carbonyl (C=O) groups is 1. The lowest BCUT2D eigenvalue weighted by atomic mass is 10.2. The van der Waals surface area contributed by atoms with E-state index in [1.807, 2.05) is 72.8 Å². The lowest BCUT2D eigenvalue weighted by Gasteiger charge is -2.09. The Morgan fingerprint density at radius 1 is 0.794 bits per heavy atom. The van der Waals surface area contributed by atoms with Gasteiger partial charge in [-0.2, -0.15) is 0 Å². The summed E-state index contributed by atoms with van der Waals surface area (Å²) in [5.74, 6) is 0.754. The molecule has 0 aliphatic rings. The number of pyridine rings is 1. The van der Waals surface area contributed by atoms with Crippen molar-refractivity contribution >= 4 is 28.0 Å². The van der Waals surface area contributed by atoms with E-state index >= 15 is 0 Å². The molecule has 0 amide bonds. The molecule has 0 radical (unpaired) electrons. The van der Waals surface area contributed by atoms with Crippen LogP contribution in [0, 0.1) is 0 Å². The van der Waals surface area contributed by atoms with Gasteiger partial charge in [0.15, 0.2) is 5.58 Å². The Morgan fingerprint density at radius 2 is 1.53 bits per heavy atom. The zero-order valence-corrected chi connectivity index (χ0v) is 18.6. The van der Waals surface area contributed by atoms with Crippen molar-refractivity contribution in [2.75, 3.05) is 6.61 Å². The number of para-hydroxylation sites is 2. The van der Waals surface area contributed by atoms with Crippen LogP contribution in [0.15, 0.2) is 83.3 Å². The maximum Gasteiger partial charge on any atom is 0.394 e. The summed E-state index contributed by atoms with van der Waals surface area (Å²) in [6.45, 7) is 2.62. The zero-order chi connectivity index (χ0) is 23.3. The molecule has 0 aliphatic carbocycles. The monoisotopic (exact) mass is 454 g/mol. The Morgan fingerprint density at radius 3 is 2.32 bits per heavy atom. The Bertz CT molecular complexity index is 1440. The number of esters is 1. The van der Waals surface area contributed by atoms with Gasteiger partial charge in [0, 0.05) is 10.9 Å². The van der Waals surface area contributed by atoms with Crippen molar-refractivity contribution in [2.24, 2.45) is 0 Å². The van der Waals surface area contributed by atoms with Crippen LogP contribution in [0.2, 0.25) is 0 Å². The SMILES string of the molecule is CCOC(=O)c1nc2cccc(COc3ccc(OCc4ccc5ccccc5n4)cc3)c2o1. The number of aromatic nitrogens is 2. The molecule has 7 heteroatoms. The largest absolute Gasteiger partial charge is 0.489 e. The highest BCUT2D eigenvalue weighted by molar-refractivity contribution is 5.88. The van der Waals surface area contributed by atoms with E-state index in [9.17, 15) is 4.79 Å². The molecule has 34 heavy (non-hydrogen) atoms. The van der Waals surface area contributed by atoms with Crippen LogP contribution in [-0.4, -0.2) is 22.5 Å². The summed E-state index contributed by atoms with van der Waals surface area (Å²) < 4.78 is 22.4. The number of rotatable bonds is 8. The maximum absolute atomic E-state index is 11.9. The predicted molar refractivity (Wildman–Crippen MR) is 127 cm³/mol. The van der Waals surface area contributed by atoms with E-state index in [-0.39, 0.29) is 19.1 Å². The van der Waals surface area contributed by atoms with E-state index in [0.29, 0.717) is 23.5 Å². The Hall–Kier alpha value is -4.39. The van der Waals surface area contributed by atoms with Gasteiger partial charge in [0.05, 0.1) is 17.8 Å². The first kappa shape index (κ1) is 21.5. The third-order valence-corrected chi connectivity index (χ3v) is 5.21. The molecule has 0 fully saturated rings. The molecule has 2 aromatic heterocycles. The second-order valence-corrected chi connectivity index (χ2v) is 7.55. The molecule has 0 unspecified atom stereocenters. The number of hydrogen-bond acceptors (Lipinski definition) is 7. The smallest absolute Gasteiger partial charge is 0.394 e. The molecule has 0 saturated heterocycles. The molecule has 7 nitrogen and oxygen atoms in total. The molecule has 0 bridgehead atoms. The van der Waals surface area contributed by atoms with Gasteiger partial charge >= 0.3 is 11.9 Å². The average Bonchev–Trinajstić information content (AvgIpc) is 3.32. The molecule has 0 N–H and O–H groups in total. The number of benzene rings is 3. The average molecular weight is 454 g/mol. The molecule has 0 spiro atoms. The lowest BCUT2D eigenvalue weighted by Crippen LogP contribution is -2.04. The second-order valence-electron chi connectivity index (χ2n) is 7.55. The fourth-order valence-electron chi connectivity index (χ4n) is 3.54. The summed E-state index contributed by atoms with van der Waals surface area (Å²) >= 11 is 0. The van der Waals surface area contributed by atoms with E-state index in [1.54, 1.807) is 13.0 Å². The third-order valence-electron chi connectivity index (χ3n) is 5.21. The van der Waals surface area contributed by atoms with Crippen LogP contribution in [0.25, 0.3) is 22.0 Å². The molecule has 0 saturated carbocycles. The Kier molecular flexibility index (Phi) is 6.07. The van der Waals surface area contributed by atoms with Crippen molar-refractivity contribution in [3.8, 4) is 11.5 Å². The normalized spacial score (nSPS) is 11.0. The number of oxazole rings is 1. The van der Waals surface area contributed by atoms with Crippen LogP contribution in [-0.2, 0) is 18.0 Å². The molecule has 0 aliphatic heterocycles. The minimum Gasteiger partial charge on any atom is -0.489 e. The highest BCUT2D eigenvalue weighted by atomic mass is 16.5. The van der Waals surface area contributed by atoms with E-state index in [2.05, 4.69) is 9.97 Å². The quantitative estimate of drug-likeness (QED) is 0.278. The van der Waals surface area contributed by atoms with Crippen LogP contribution >= 0.6 is 0 Å². The van der Waals surface area contributed by atoms with Crippen LogP contribution in [0.5, 0.6) is 11.5 Å². The van der Waals surface area contributed by atoms with Gasteiger partial charge in [-0.3, -0.25) is 0 Å². The van der Waals surface area contributed by atoms with Crippen LogP contribution in [0.4, 0.5) is 0 Å². The highest BCUT2D eigenvalue weighted by Gasteiger charge is 2.17. The fraction of sp³-hybridized carbons (Fsp3) is 0.148. The summed E-state index contributed by atoms with van der Waals surface area (Å²) in [5.41, 5.74) is 3.68. The van der Waals surface area contributed by atoms with Gasteiger partial charge in [-0.05, 0) is 49.4 Å². The van der Waals surface area contributed by atoms with Gasteiger partial charge in [-0.25, -0.2) is 14.8 Å². The summed E-state index contributed by atoms with van der Waals surface area (Å²) in [7, 11) is 0. The molecule has 5 rings (SSSR count). The Labute approximate surface area is 195 Å². The number of hydrogen-bond donors (Lipinski definition) is 0. The van der Waals surface area contributed by atoms with Gasteiger partial charge in [-0.1, -0.05) is 36.4 Å². The standard InChI is InChI=1S/C27H22N2O5/c1-2-31-27(30)26-29-24-9-5-7-19(25(24)34-26)16-32-21-12-14-22(15-13-21)33-17-20-11-10-18-6-3-4-8-23(18)28-20/h3-15H,2,16-17H2,1H3. The molecule has 0 atom stereocenters.